The van der Waals surface area contributed by atoms with Crippen LogP contribution in [0.2, 0.25) is 0 Å². The molecule has 1 aromatic rings. The first-order chi connectivity index (χ1) is 21.6. The number of ether oxygens (including phenoxy) is 1. The average Bonchev–Trinajstić information content (AvgIpc) is 3.48. The van der Waals surface area contributed by atoms with E-state index in [2.05, 4.69) is 23.4 Å². The summed E-state index contributed by atoms with van der Waals surface area (Å²) in [7, 11) is 1.35. The number of aromatic nitrogens is 1. The zero-order chi connectivity index (χ0) is 33.8. The summed E-state index contributed by atoms with van der Waals surface area (Å²) in [5, 5.41) is 4.40. The number of amides is 1. The van der Waals surface area contributed by atoms with Crippen molar-refractivity contribution < 1.29 is 28.0 Å². The van der Waals surface area contributed by atoms with Crippen LogP contribution in [0.5, 0.6) is 0 Å². The molecule has 9 nitrogen and oxygen atoms in total. The van der Waals surface area contributed by atoms with Crippen molar-refractivity contribution in [2.75, 3.05) is 13.7 Å². The maximum Gasteiger partial charge on any atom is 0.305 e. The van der Waals surface area contributed by atoms with Crippen LogP contribution in [-0.4, -0.2) is 48.0 Å². The molecule has 45 heavy (non-hydrogen) atoms. The van der Waals surface area contributed by atoms with Gasteiger partial charge in [0.05, 0.1) is 19.5 Å². The number of halogens is 1. The largest absolute Gasteiger partial charge is 0.469 e. The van der Waals surface area contributed by atoms with Gasteiger partial charge < -0.3 is 14.0 Å². The zero-order valence-electron chi connectivity index (χ0n) is 27.9. The van der Waals surface area contributed by atoms with Crippen molar-refractivity contribution in [2.24, 2.45) is 10.1 Å². The summed E-state index contributed by atoms with van der Waals surface area (Å²) in [5.74, 6) is -0.0420. The Morgan fingerprint density at radius 1 is 1.22 bits per heavy atom. The predicted molar refractivity (Wildman–Crippen MR) is 179 cm³/mol. The molecule has 2 heterocycles. The highest BCUT2D eigenvalue weighted by Gasteiger charge is 2.35. The fourth-order valence-electron chi connectivity index (χ4n) is 4.41. The van der Waals surface area contributed by atoms with Crippen LogP contribution in [0.15, 0.2) is 74.7 Å². The maximum absolute atomic E-state index is 13.5. The Kier molecular flexibility index (Phi) is 17.7. The summed E-state index contributed by atoms with van der Waals surface area (Å²) in [6.45, 7) is 18.5. The van der Waals surface area contributed by atoms with E-state index in [1.807, 2.05) is 58.9 Å². The first-order valence-corrected chi connectivity index (χ1v) is 15.3. The minimum Gasteiger partial charge on any atom is -0.469 e. The van der Waals surface area contributed by atoms with Gasteiger partial charge in [-0.05, 0) is 71.3 Å². The van der Waals surface area contributed by atoms with E-state index in [9.17, 15) is 14.0 Å². The van der Waals surface area contributed by atoms with Crippen LogP contribution in [0.25, 0.3) is 12.2 Å². The lowest BCUT2D eigenvalue weighted by Gasteiger charge is -2.26. The van der Waals surface area contributed by atoms with Gasteiger partial charge in [-0.3, -0.25) is 19.5 Å². The van der Waals surface area contributed by atoms with E-state index in [1.165, 1.54) is 37.2 Å². The lowest BCUT2D eigenvalue weighted by Crippen LogP contribution is -2.36. The third kappa shape index (κ3) is 12.3. The van der Waals surface area contributed by atoms with Crippen LogP contribution < -0.4 is 10.8 Å². The van der Waals surface area contributed by atoms with Crippen molar-refractivity contribution in [3.05, 3.63) is 76.8 Å². The van der Waals surface area contributed by atoms with Gasteiger partial charge in [-0.1, -0.05) is 50.3 Å². The highest BCUT2D eigenvalue weighted by molar-refractivity contribution is 6.01. The summed E-state index contributed by atoms with van der Waals surface area (Å²) in [4.78, 5) is 41.6. The second-order valence-electron chi connectivity index (χ2n) is 10.0. The van der Waals surface area contributed by atoms with Gasteiger partial charge in [0, 0.05) is 38.1 Å². The molecular weight excluding hydrogens is 575 g/mol. The summed E-state index contributed by atoms with van der Waals surface area (Å²) in [6, 6.07) is 0. The van der Waals surface area contributed by atoms with Crippen molar-refractivity contribution in [1.29, 1.82) is 0 Å². The SMILES string of the molecule is C=C/C(=C\C=C(/C)F)N1C(=O)C/C=C\C(CCC(C)(ON=C)c2nc(=C/C)/c(=C\C)o2)=C/CN=C1CCCCC(=O)OC.CC. The Bertz CT molecular complexity index is 1400. The molecule has 0 fully saturated rings. The fraction of sp³-hybridized carbons (Fsp3) is 0.457. The molecule has 0 spiro atoms. The fourth-order valence-corrected chi connectivity index (χ4v) is 4.41. The van der Waals surface area contributed by atoms with Crippen molar-refractivity contribution in [1.82, 2.24) is 9.88 Å². The number of oxazole rings is 1. The highest BCUT2D eigenvalue weighted by atomic mass is 19.1. The van der Waals surface area contributed by atoms with Crippen molar-refractivity contribution in [2.45, 2.75) is 92.1 Å². The molecule has 0 saturated carbocycles. The number of amidine groups is 1. The molecule has 0 aromatic carbocycles. The molecule has 2 rings (SSSR count). The minimum atomic E-state index is -0.975. The molecule has 0 radical (unpaired) electrons. The first kappa shape index (κ1) is 38.7. The van der Waals surface area contributed by atoms with E-state index in [0.29, 0.717) is 61.5 Å². The molecule has 0 N–H and O–H groups in total. The molecule has 246 valence electrons. The Balaban J connectivity index is 0.00000496. The van der Waals surface area contributed by atoms with Crippen molar-refractivity contribution in [3.8, 4) is 0 Å². The average molecular weight is 625 g/mol. The van der Waals surface area contributed by atoms with Gasteiger partial charge in [-0.25, -0.2) is 9.37 Å². The van der Waals surface area contributed by atoms with Crippen LogP contribution in [-0.2, 0) is 24.8 Å². The number of oxime groups is 1. The van der Waals surface area contributed by atoms with Gasteiger partial charge in [0.1, 0.15) is 16.6 Å². The molecular formula is C35H49FN4O5. The zero-order valence-corrected chi connectivity index (χ0v) is 27.9. The Morgan fingerprint density at radius 3 is 2.53 bits per heavy atom. The number of rotatable bonds is 14. The number of hydrogen-bond acceptors (Lipinski definition) is 8. The number of methoxy groups -OCH3 is 1. The van der Waals surface area contributed by atoms with Crippen LogP contribution in [0.1, 0.15) is 92.4 Å². The molecule has 0 saturated heterocycles. The standard InChI is InChI=1S/C33H43FN4O5.C2H6/c1-8-26(19-18-24(4)34)38-29(15-11-12-17-31(40)41-7)36-23-21-25(14-13-16-30(38)39)20-22-33(5,43-35-6)32-37-27(9-2)28(10-3)42-32;1-2/h8-10,13-14,18-19,21H,1,6,11-12,15-17,20,22-23H2,2-5,7H3;1-2H3/b14-13-,24-18+,25-21+,26-19+,27-9+,28-10+,36-29?;. The maximum atomic E-state index is 13.5. The summed E-state index contributed by atoms with van der Waals surface area (Å²) in [6.07, 6.45) is 16.6. The topological polar surface area (TPSA) is 107 Å². The number of hydrogen-bond donors (Lipinski definition) is 0. The lowest BCUT2D eigenvalue weighted by atomic mass is 9.95. The normalized spacial score (nSPS) is 18.5. The number of carbonyl (C=O) groups is 2. The third-order valence-electron chi connectivity index (χ3n) is 6.80. The molecule has 1 aliphatic heterocycles. The Morgan fingerprint density at radius 2 is 1.96 bits per heavy atom. The van der Waals surface area contributed by atoms with Gasteiger partial charge in [-0.15, -0.1) is 5.16 Å². The van der Waals surface area contributed by atoms with Crippen LogP contribution in [0, 0.1) is 0 Å². The molecule has 1 unspecified atom stereocenters. The molecule has 0 bridgehead atoms. The molecule has 10 heteroatoms. The number of carbonyl (C=O) groups excluding carboxylic acids is 2. The Hall–Kier alpha value is -4.34. The first-order valence-electron chi connectivity index (χ1n) is 15.3. The summed E-state index contributed by atoms with van der Waals surface area (Å²) >= 11 is 0. The van der Waals surface area contributed by atoms with Gasteiger partial charge in [0.25, 0.3) is 0 Å². The van der Waals surface area contributed by atoms with E-state index in [0.717, 1.165) is 10.9 Å². The van der Waals surface area contributed by atoms with Crippen LogP contribution in [0.4, 0.5) is 4.39 Å². The van der Waals surface area contributed by atoms with Gasteiger partial charge in [-0.2, -0.15) is 0 Å². The van der Waals surface area contributed by atoms with Crippen molar-refractivity contribution in [3.63, 3.8) is 0 Å². The van der Waals surface area contributed by atoms with Gasteiger partial charge in [0.15, 0.2) is 0 Å². The monoisotopic (exact) mass is 624 g/mol. The molecule has 1 aliphatic rings. The van der Waals surface area contributed by atoms with E-state index < -0.39 is 11.4 Å². The summed E-state index contributed by atoms with van der Waals surface area (Å²) in [5.41, 5.74) is 1.03. The summed E-state index contributed by atoms with van der Waals surface area (Å²) < 4.78 is 24.3. The number of unbranched alkanes of at least 4 members (excludes halogenated alkanes) is 1. The van der Waals surface area contributed by atoms with E-state index in [-0.39, 0.29) is 24.7 Å². The molecule has 1 atom stereocenters. The lowest BCUT2D eigenvalue weighted by molar-refractivity contribution is -0.140. The minimum absolute atomic E-state index is 0.0785. The van der Waals surface area contributed by atoms with E-state index >= 15 is 0 Å². The quantitative estimate of drug-likeness (QED) is 0.0748. The van der Waals surface area contributed by atoms with E-state index in [1.54, 1.807) is 6.08 Å². The van der Waals surface area contributed by atoms with Crippen LogP contribution >= 0.6 is 0 Å². The smallest absolute Gasteiger partial charge is 0.305 e. The predicted octanol–water partition coefficient (Wildman–Crippen LogP) is 6.72. The molecule has 0 aliphatic carbocycles. The molecule has 1 aromatic heterocycles. The number of esters is 1. The number of aliphatic imine (C=N–C) groups is 1. The van der Waals surface area contributed by atoms with Crippen LogP contribution in [0.3, 0.4) is 0 Å². The Labute approximate surface area is 267 Å². The number of nitrogens with zero attached hydrogens (tertiary/aromatic N) is 4. The van der Waals surface area contributed by atoms with Gasteiger partial charge in [0.2, 0.25) is 17.4 Å². The third-order valence-corrected chi connectivity index (χ3v) is 6.80. The van der Waals surface area contributed by atoms with Gasteiger partial charge >= 0.3 is 5.97 Å². The highest BCUT2D eigenvalue weighted by Crippen LogP contribution is 2.30. The molecule has 1 amide bonds. The second-order valence-corrected chi connectivity index (χ2v) is 10.0. The van der Waals surface area contributed by atoms with E-state index in [4.69, 9.17) is 19.0 Å². The second kappa shape index (κ2) is 20.6. The van der Waals surface area contributed by atoms with Crippen molar-refractivity contribution >= 4 is 36.6 Å². The number of allylic oxidation sites excluding steroid dienone is 6.